The molecule has 2 atom stereocenters. The molecule has 0 aliphatic heterocycles. The zero-order valence-corrected chi connectivity index (χ0v) is 20.2. The highest BCUT2D eigenvalue weighted by molar-refractivity contribution is 5.83. The first-order valence-electron chi connectivity index (χ1n) is 12.6. The van der Waals surface area contributed by atoms with E-state index in [4.69, 9.17) is 4.74 Å². The van der Waals surface area contributed by atoms with E-state index in [9.17, 15) is 19.5 Å². The zero-order chi connectivity index (χ0) is 24.8. The van der Waals surface area contributed by atoms with Gasteiger partial charge in [0.15, 0.2) is 0 Å². The number of rotatable bonds is 10. The van der Waals surface area contributed by atoms with E-state index in [-0.39, 0.29) is 30.8 Å². The lowest BCUT2D eigenvalue weighted by molar-refractivity contribution is -0.142. The number of carboxylic acid groups (broad SMARTS) is 1. The first-order chi connectivity index (χ1) is 17.0. The Labute approximate surface area is 206 Å². The number of aliphatic carboxylic acids is 1. The largest absolute Gasteiger partial charge is 0.480 e. The van der Waals surface area contributed by atoms with E-state index in [0.717, 1.165) is 36.8 Å². The van der Waals surface area contributed by atoms with Crippen LogP contribution in [0.15, 0.2) is 48.5 Å². The van der Waals surface area contributed by atoms with Crippen LogP contribution in [0, 0.1) is 11.8 Å². The fourth-order valence-corrected chi connectivity index (χ4v) is 5.53. The van der Waals surface area contributed by atoms with Crippen molar-refractivity contribution in [1.82, 2.24) is 10.6 Å². The molecule has 7 nitrogen and oxygen atoms in total. The Kier molecular flexibility index (Phi) is 8.06. The Hall–Kier alpha value is -3.35. The Morgan fingerprint density at radius 1 is 1.00 bits per heavy atom. The molecule has 1 fully saturated rings. The molecular formula is C28H34N2O5. The minimum absolute atomic E-state index is 0.00782. The van der Waals surface area contributed by atoms with Crippen LogP contribution >= 0.6 is 0 Å². The summed E-state index contributed by atoms with van der Waals surface area (Å²) in [5, 5.41) is 14.7. The van der Waals surface area contributed by atoms with Gasteiger partial charge in [-0.3, -0.25) is 4.79 Å². The Balaban J connectivity index is 1.33. The predicted octanol–water partition coefficient (Wildman–Crippen LogP) is 4.70. The van der Waals surface area contributed by atoms with E-state index in [2.05, 4.69) is 34.9 Å². The van der Waals surface area contributed by atoms with E-state index >= 15 is 0 Å². The molecule has 3 N–H and O–H groups in total. The minimum atomic E-state index is -1.03. The van der Waals surface area contributed by atoms with E-state index in [1.807, 2.05) is 24.3 Å². The fraction of sp³-hybridized carbons (Fsp3) is 0.464. The molecule has 7 heteroatoms. The van der Waals surface area contributed by atoms with Gasteiger partial charge in [0, 0.05) is 18.9 Å². The summed E-state index contributed by atoms with van der Waals surface area (Å²) in [4.78, 5) is 36.4. The number of hydrogen-bond acceptors (Lipinski definition) is 4. The van der Waals surface area contributed by atoms with Crippen LogP contribution in [0.3, 0.4) is 0 Å². The van der Waals surface area contributed by atoms with E-state index in [1.54, 1.807) is 6.92 Å². The number of carboxylic acids is 1. The van der Waals surface area contributed by atoms with E-state index < -0.39 is 18.1 Å². The second-order valence-electron chi connectivity index (χ2n) is 9.58. The van der Waals surface area contributed by atoms with Gasteiger partial charge in [-0.2, -0.15) is 0 Å². The van der Waals surface area contributed by atoms with Crippen molar-refractivity contribution < 1.29 is 24.2 Å². The molecule has 0 spiro atoms. The van der Waals surface area contributed by atoms with Crippen molar-refractivity contribution in [3.63, 3.8) is 0 Å². The zero-order valence-electron chi connectivity index (χ0n) is 20.2. The Morgan fingerprint density at radius 3 is 2.17 bits per heavy atom. The summed E-state index contributed by atoms with van der Waals surface area (Å²) in [5.74, 6) is -1.05. The van der Waals surface area contributed by atoms with Crippen molar-refractivity contribution in [2.24, 2.45) is 11.8 Å². The second-order valence-corrected chi connectivity index (χ2v) is 9.58. The first-order valence-corrected chi connectivity index (χ1v) is 12.6. The number of fused-ring (bicyclic) bond motifs is 3. The maximum absolute atomic E-state index is 12.6. The summed E-state index contributed by atoms with van der Waals surface area (Å²) in [6.45, 7) is 2.30. The van der Waals surface area contributed by atoms with Gasteiger partial charge in [-0.25, -0.2) is 9.59 Å². The summed E-state index contributed by atoms with van der Waals surface area (Å²) < 4.78 is 5.64. The molecule has 35 heavy (non-hydrogen) atoms. The van der Waals surface area contributed by atoms with Gasteiger partial charge in [0.2, 0.25) is 5.91 Å². The van der Waals surface area contributed by atoms with Crippen LogP contribution in [0.5, 0.6) is 0 Å². The highest BCUT2D eigenvalue weighted by atomic mass is 16.5. The number of amides is 2. The van der Waals surface area contributed by atoms with Crippen molar-refractivity contribution in [3.8, 4) is 11.1 Å². The molecule has 2 aromatic carbocycles. The highest BCUT2D eigenvalue weighted by Crippen LogP contribution is 2.44. The molecule has 186 valence electrons. The molecule has 4 rings (SSSR count). The summed E-state index contributed by atoms with van der Waals surface area (Å²) in [6.07, 6.45) is 4.28. The molecule has 2 aliphatic rings. The van der Waals surface area contributed by atoms with Crippen LogP contribution in [-0.4, -0.2) is 42.3 Å². The summed E-state index contributed by atoms with van der Waals surface area (Å²) in [6, 6.07) is 15.5. The number of carbonyl (C=O) groups is 3. The second kappa shape index (κ2) is 11.4. The van der Waals surface area contributed by atoms with Crippen molar-refractivity contribution in [1.29, 1.82) is 0 Å². The average Bonchev–Trinajstić information content (AvgIpc) is 3.50. The van der Waals surface area contributed by atoms with Crippen molar-refractivity contribution in [2.45, 2.75) is 57.4 Å². The Bertz CT molecular complexity index is 1020. The summed E-state index contributed by atoms with van der Waals surface area (Å²) in [7, 11) is 0. The SMILES string of the molecule is CCC(NC(=O)CC(CNC(=O)OCC1c2ccccc2-c2ccccc21)C1CCCC1)C(=O)O. The van der Waals surface area contributed by atoms with Crippen LogP contribution in [0.4, 0.5) is 4.79 Å². The third kappa shape index (κ3) is 5.84. The van der Waals surface area contributed by atoms with Crippen molar-refractivity contribution >= 4 is 18.0 Å². The maximum atomic E-state index is 12.6. The van der Waals surface area contributed by atoms with Crippen LogP contribution in [0.2, 0.25) is 0 Å². The van der Waals surface area contributed by atoms with E-state index in [0.29, 0.717) is 18.9 Å². The third-order valence-corrected chi connectivity index (χ3v) is 7.41. The van der Waals surface area contributed by atoms with Crippen LogP contribution in [0.1, 0.15) is 62.5 Å². The van der Waals surface area contributed by atoms with Crippen molar-refractivity contribution in [2.75, 3.05) is 13.2 Å². The van der Waals surface area contributed by atoms with Gasteiger partial charge in [0.1, 0.15) is 12.6 Å². The molecule has 0 saturated heterocycles. The van der Waals surface area contributed by atoms with Gasteiger partial charge in [0.25, 0.3) is 0 Å². The molecule has 2 unspecified atom stereocenters. The molecule has 2 amide bonds. The lowest BCUT2D eigenvalue weighted by atomic mass is 9.87. The number of alkyl carbamates (subject to hydrolysis) is 1. The minimum Gasteiger partial charge on any atom is -0.480 e. The van der Waals surface area contributed by atoms with Gasteiger partial charge < -0.3 is 20.5 Å². The van der Waals surface area contributed by atoms with Crippen LogP contribution < -0.4 is 10.6 Å². The monoisotopic (exact) mass is 478 g/mol. The standard InChI is InChI=1S/C28H34N2O5/c1-2-25(27(32)33)30-26(31)15-19(18-9-3-4-10-18)16-29-28(34)35-17-24-22-13-7-5-11-20(22)21-12-6-8-14-23(21)24/h5-8,11-14,18-19,24-25H,2-4,9-10,15-17H2,1H3,(H,29,34)(H,30,31)(H,32,33). The molecule has 0 radical (unpaired) electrons. The molecular weight excluding hydrogens is 444 g/mol. The first kappa shape index (κ1) is 24.8. The quantitative estimate of drug-likeness (QED) is 0.459. The summed E-state index contributed by atoms with van der Waals surface area (Å²) in [5.41, 5.74) is 4.67. The topological polar surface area (TPSA) is 105 Å². The molecule has 0 heterocycles. The smallest absolute Gasteiger partial charge is 0.407 e. The molecule has 2 aromatic rings. The molecule has 1 saturated carbocycles. The van der Waals surface area contributed by atoms with Crippen molar-refractivity contribution in [3.05, 3.63) is 59.7 Å². The number of carbonyl (C=O) groups excluding carboxylic acids is 2. The van der Waals surface area contributed by atoms with Gasteiger partial charge in [-0.1, -0.05) is 81.1 Å². The number of hydrogen-bond donors (Lipinski definition) is 3. The highest BCUT2D eigenvalue weighted by Gasteiger charge is 2.31. The van der Waals surface area contributed by atoms with Crippen LogP contribution in [0.25, 0.3) is 11.1 Å². The number of ether oxygens (including phenoxy) is 1. The van der Waals surface area contributed by atoms with Gasteiger partial charge in [-0.15, -0.1) is 0 Å². The lowest BCUT2D eigenvalue weighted by Crippen LogP contribution is -2.42. The summed E-state index contributed by atoms with van der Waals surface area (Å²) >= 11 is 0. The molecule has 0 bridgehead atoms. The van der Waals surface area contributed by atoms with Crippen LogP contribution in [-0.2, 0) is 14.3 Å². The van der Waals surface area contributed by atoms with Gasteiger partial charge in [-0.05, 0) is 40.5 Å². The normalized spacial score (nSPS) is 16.7. The Morgan fingerprint density at radius 2 is 1.60 bits per heavy atom. The lowest BCUT2D eigenvalue weighted by Gasteiger charge is -2.24. The third-order valence-electron chi connectivity index (χ3n) is 7.41. The van der Waals surface area contributed by atoms with Gasteiger partial charge in [0.05, 0.1) is 0 Å². The average molecular weight is 479 g/mol. The number of nitrogens with one attached hydrogen (secondary N) is 2. The predicted molar refractivity (Wildman–Crippen MR) is 133 cm³/mol. The molecule has 2 aliphatic carbocycles. The number of benzene rings is 2. The van der Waals surface area contributed by atoms with E-state index in [1.165, 1.54) is 11.1 Å². The fourth-order valence-electron chi connectivity index (χ4n) is 5.53. The maximum Gasteiger partial charge on any atom is 0.407 e. The molecule has 0 aromatic heterocycles. The van der Waals surface area contributed by atoms with Gasteiger partial charge >= 0.3 is 12.1 Å².